The molecule has 1 aliphatic heterocycles. The van der Waals surface area contributed by atoms with E-state index in [9.17, 15) is 4.79 Å². The standard InChI is InChI=1S/C11H11BrN6O/c12-8-5-13-2-1-9(8)15-11(19)10-6-18(17-16-10)7-3-14-4-7/h1-2,5-7,14H,3-4H2,(H,13,15,19). The molecule has 8 heteroatoms. The summed E-state index contributed by atoms with van der Waals surface area (Å²) in [5.41, 5.74) is 0.954. The van der Waals surface area contributed by atoms with Crippen LogP contribution in [-0.4, -0.2) is 39.0 Å². The molecule has 0 spiro atoms. The molecule has 2 aromatic rings. The lowest BCUT2D eigenvalue weighted by Crippen LogP contribution is -2.43. The van der Waals surface area contributed by atoms with E-state index in [1.807, 2.05) is 0 Å². The summed E-state index contributed by atoms with van der Waals surface area (Å²) in [6.45, 7) is 1.72. The molecule has 0 saturated carbocycles. The highest BCUT2D eigenvalue weighted by Gasteiger charge is 2.21. The number of amides is 1. The molecule has 0 unspecified atom stereocenters. The topological polar surface area (TPSA) is 84.7 Å². The van der Waals surface area contributed by atoms with Gasteiger partial charge in [-0.05, 0) is 22.0 Å². The van der Waals surface area contributed by atoms with Crippen molar-refractivity contribution in [3.8, 4) is 0 Å². The Morgan fingerprint density at radius 3 is 3.05 bits per heavy atom. The fourth-order valence-corrected chi connectivity index (χ4v) is 2.03. The summed E-state index contributed by atoms with van der Waals surface area (Å²) in [4.78, 5) is 16.0. The van der Waals surface area contributed by atoms with Gasteiger partial charge in [0.2, 0.25) is 0 Å². The molecular weight excluding hydrogens is 312 g/mol. The zero-order valence-corrected chi connectivity index (χ0v) is 11.5. The number of pyridine rings is 1. The number of hydrogen-bond donors (Lipinski definition) is 2. The summed E-state index contributed by atoms with van der Waals surface area (Å²) in [5, 5.41) is 13.8. The molecular formula is C11H11BrN6O. The average Bonchev–Trinajstić information content (AvgIpc) is 2.79. The van der Waals surface area contributed by atoms with Gasteiger partial charge in [0.05, 0.1) is 22.4 Å². The van der Waals surface area contributed by atoms with Crippen LogP contribution < -0.4 is 10.6 Å². The smallest absolute Gasteiger partial charge is 0.277 e. The van der Waals surface area contributed by atoms with E-state index in [1.54, 1.807) is 29.3 Å². The SMILES string of the molecule is O=C(Nc1ccncc1Br)c1cn(C2CNC2)nn1. The van der Waals surface area contributed by atoms with Gasteiger partial charge in [0.15, 0.2) is 5.69 Å². The number of anilines is 1. The van der Waals surface area contributed by atoms with Crippen molar-refractivity contribution in [1.29, 1.82) is 0 Å². The molecule has 7 nitrogen and oxygen atoms in total. The first-order chi connectivity index (χ1) is 9.24. The second-order valence-electron chi connectivity index (χ2n) is 4.21. The third-order valence-electron chi connectivity index (χ3n) is 2.90. The molecule has 1 amide bonds. The molecule has 3 heterocycles. The molecule has 0 aromatic carbocycles. The van der Waals surface area contributed by atoms with Crippen LogP contribution in [0, 0.1) is 0 Å². The minimum absolute atomic E-state index is 0.287. The maximum Gasteiger partial charge on any atom is 0.277 e. The van der Waals surface area contributed by atoms with E-state index in [-0.39, 0.29) is 5.91 Å². The Hall–Kier alpha value is -1.80. The van der Waals surface area contributed by atoms with Gasteiger partial charge in [0.25, 0.3) is 5.91 Å². The molecule has 1 fully saturated rings. The van der Waals surface area contributed by atoms with E-state index in [2.05, 4.69) is 41.9 Å². The monoisotopic (exact) mass is 322 g/mol. The Balaban J connectivity index is 1.73. The molecule has 0 radical (unpaired) electrons. The molecule has 19 heavy (non-hydrogen) atoms. The highest BCUT2D eigenvalue weighted by molar-refractivity contribution is 9.10. The van der Waals surface area contributed by atoms with Crippen LogP contribution in [0.2, 0.25) is 0 Å². The predicted molar refractivity (Wildman–Crippen MR) is 71.8 cm³/mol. The van der Waals surface area contributed by atoms with Gasteiger partial charge < -0.3 is 10.6 Å². The molecule has 0 aliphatic carbocycles. The van der Waals surface area contributed by atoms with Crippen LogP contribution in [0.15, 0.2) is 29.1 Å². The lowest BCUT2D eigenvalue weighted by molar-refractivity contribution is 0.102. The van der Waals surface area contributed by atoms with Crippen LogP contribution in [0.1, 0.15) is 16.5 Å². The summed E-state index contributed by atoms with van der Waals surface area (Å²) in [7, 11) is 0. The highest BCUT2D eigenvalue weighted by atomic mass is 79.9. The van der Waals surface area contributed by atoms with Crippen LogP contribution in [0.3, 0.4) is 0 Å². The van der Waals surface area contributed by atoms with Crippen LogP contribution in [-0.2, 0) is 0 Å². The van der Waals surface area contributed by atoms with Crippen molar-refractivity contribution in [2.45, 2.75) is 6.04 Å². The average molecular weight is 323 g/mol. The lowest BCUT2D eigenvalue weighted by Gasteiger charge is -2.26. The van der Waals surface area contributed by atoms with E-state index < -0.39 is 0 Å². The first-order valence-electron chi connectivity index (χ1n) is 5.77. The van der Waals surface area contributed by atoms with Gasteiger partial charge in [-0.1, -0.05) is 5.21 Å². The number of hydrogen-bond acceptors (Lipinski definition) is 5. The summed E-state index contributed by atoms with van der Waals surface area (Å²) in [6, 6.07) is 2.00. The summed E-state index contributed by atoms with van der Waals surface area (Å²) >= 11 is 3.32. The van der Waals surface area contributed by atoms with E-state index in [1.165, 1.54) is 0 Å². The van der Waals surface area contributed by atoms with Crippen molar-refractivity contribution in [3.63, 3.8) is 0 Å². The first-order valence-corrected chi connectivity index (χ1v) is 6.57. The van der Waals surface area contributed by atoms with Gasteiger partial charge >= 0.3 is 0 Å². The maximum absolute atomic E-state index is 12.0. The fourth-order valence-electron chi connectivity index (χ4n) is 1.68. The van der Waals surface area contributed by atoms with E-state index in [0.29, 0.717) is 17.4 Å². The number of carbonyl (C=O) groups excluding carboxylic acids is 1. The highest BCUT2D eigenvalue weighted by Crippen LogP contribution is 2.20. The number of carbonyl (C=O) groups is 1. The van der Waals surface area contributed by atoms with Gasteiger partial charge in [-0.25, -0.2) is 4.68 Å². The molecule has 0 atom stereocenters. The van der Waals surface area contributed by atoms with Crippen LogP contribution >= 0.6 is 15.9 Å². The Labute approximate surface area is 117 Å². The van der Waals surface area contributed by atoms with E-state index in [4.69, 9.17) is 0 Å². The maximum atomic E-state index is 12.0. The second kappa shape index (κ2) is 5.06. The second-order valence-corrected chi connectivity index (χ2v) is 5.06. The van der Waals surface area contributed by atoms with Crippen molar-refractivity contribution in [2.75, 3.05) is 18.4 Å². The molecule has 0 bridgehead atoms. The molecule has 98 valence electrons. The van der Waals surface area contributed by atoms with Crippen molar-refractivity contribution in [2.24, 2.45) is 0 Å². The number of rotatable bonds is 3. The van der Waals surface area contributed by atoms with E-state index >= 15 is 0 Å². The molecule has 2 N–H and O–H groups in total. The summed E-state index contributed by atoms with van der Waals surface area (Å²) < 4.78 is 2.44. The van der Waals surface area contributed by atoms with Crippen molar-refractivity contribution in [3.05, 3.63) is 34.8 Å². The molecule has 3 rings (SSSR count). The normalized spacial score (nSPS) is 15.0. The van der Waals surface area contributed by atoms with Crippen LogP contribution in [0.4, 0.5) is 5.69 Å². The Bertz CT molecular complexity index is 609. The lowest BCUT2D eigenvalue weighted by atomic mass is 10.2. The Morgan fingerprint density at radius 2 is 2.37 bits per heavy atom. The zero-order chi connectivity index (χ0) is 13.2. The predicted octanol–water partition coefficient (Wildman–Crippen LogP) is 0.832. The summed E-state index contributed by atoms with van der Waals surface area (Å²) in [5.74, 6) is -0.287. The Kier molecular flexibility index (Phi) is 3.26. The minimum atomic E-state index is -0.287. The molecule has 1 saturated heterocycles. The van der Waals surface area contributed by atoms with Gasteiger partial charge in [0, 0.05) is 25.5 Å². The molecule has 1 aliphatic rings. The van der Waals surface area contributed by atoms with E-state index in [0.717, 1.165) is 17.6 Å². The quantitative estimate of drug-likeness (QED) is 0.874. The number of nitrogens with one attached hydrogen (secondary N) is 2. The van der Waals surface area contributed by atoms with Gasteiger partial charge in [-0.15, -0.1) is 5.10 Å². The van der Waals surface area contributed by atoms with Gasteiger partial charge in [-0.2, -0.15) is 0 Å². The number of nitrogens with zero attached hydrogens (tertiary/aromatic N) is 4. The summed E-state index contributed by atoms with van der Waals surface area (Å²) in [6.07, 6.45) is 4.89. The zero-order valence-electron chi connectivity index (χ0n) is 9.88. The van der Waals surface area contributed by atoms with Gasteiger partial charge in [-0.3, -0.25) is 9.78 Å². The number of halogens is 1. The Morgan fingerprint density at radius 1 is 1.53 bits per heavy atom. The van der Waals surface area contributed by atoms with Crippen LogP contribution in [0.25, 0.3) is 0 Å². The molecule has 2 aromatic heterocycles. The third-order valence-corrected chi connectivity index (χ3v) is 3.53. The fraction of sp³-hybridized carbons (Fsp3) is 0.273. The van der Waals surface area contributed by atoms with Crippen LogP contribution in [0.5, 0.6) is 0 Å². The van der Waals surface area contributed by atoms with Crippen molar-refractivity contribution in [1.82, 2.24) is 25.3 Å². The first kappa shape index (κ1) is 12.2. The third kappa shape index (κ3) is 2.49. The van der Waals surface area contributed by atoms with Gasteiger partial charge in [0.1, 0.15) is 0 Å². The largest absolute Gasteiger partial charge is 0.319 e. The number of aromatic nitrogens is 4. The van der Waals surface area contributed by atoms with Crippen molar-refractivity contribution >= 4 is 27.5 Å². The van der Waals surface area contributed by atoms with Crippen molar-refractivity contribution < 1.29 is 4.79 Å². The minimum Gasteiger partial charge on any atom is -0.319 e.